The molecular formula is C8H8FOW-. The molecule has 0 aliphatic rings. The van der Waals surface area contributed by atoms with Gasteiger partial charge in [-0.15, -0.1) is 0 Å². The fourth-order valence-electron chi connectivity index (χ4n) is 0.672. The molecule has 1 aromatic carbocycles. The maximum Gasteiger partial charge on any atom is 0.164 e. The summed E-state index contributed by atoms with van der Waals surface area (Å²) in [6.07, 6.45) is 0. The Morgan fingerprint density at radius 2 is 2.00 bits per heavy atom. The molecule has 0 bridgehead atoms. The van der Waals surface area contributed by atoms with E-state index in [2.05, 4.69) is 6.92 Å². The van der Waals surface area contributed by atoms with Crippen molar-refractivity contribution < 1.29 is 30.2 Å². The van der Waals surface area contributed by atoms with Crippen molar-refractivity contribution in [1.29, 1.82) is 0 Å². The van der Waals surface area contributed by atoms with Crippen LogP contribution in [0.2, 0.25) is 0 Å². The minimum absolute atomic E-state index is 0. The first-order chi connectivity index (χ1) is 4.84. The van der Waals surface area contributed by atoms with E-state index in [9.17, 15) is 4.39 Å². The zero-order chi connectivity index (χ0) is 7.40. The van der Waals surface area contributed by atoms with Crippen molar-refractivity contribution in [2.24, 2.45) is 0 Å². The molecule has 0 heterocycles. The van der Waals surface area contributed by atoms with Crippen LogP contribution in [-0.2, 0) is 21.1 Å². The maximum atomic E-state index is 12.6. The normalized spacial score (nSPS) is 8.55. The number of hydrogen-bond donors (Lipinski definition) is 0. The van der Waals surface area contributed by atoms with E-state index in [4.69, 9.17) is 4.74 Å². The SMILES string of the molecule is [CH2-]COc1ccccc1F.[W]. The second-order valence-corrected chi connectivity index (χ2v) is 1.78. The van der Waals surface area contributed by atoms with Gasteiger partial charge in [0.1, 0.15) is 0 Å². The minimum Gasteiger partial charge on any atom is -0.523 e. The van der Waals surface area contributed by atoms with Crippen molar-refractivity contribution in [3.8, 4) is 5.75 Å². The Morgan fingerprint density at radius 3 is 2.55 bits per heavy atom. The predicted octanol–water partition coefficient (Wildman–Crippen LogP) is 2.04. The monoisotopic (exact) mass is 323 g/mol. The largest absolute Gasteiger partial charge is 0.523 e. The van der Waals surface area contributed by atoms with E-state index in [1.54, 1.807) is 18.2 Å². The molecule has 0 radical (unpaired) electrons. The summed E-state index contributed by atoms with van der Waals surface area (Å²) in [6.45, 7) is 3.68. The Kier molecular flexibility index (Phi) is 5.14. The molecule has 1 aromatic rings. The third-order valence-electron chi connectivity index (χ3n) is 1.09. The number of halogens is 1. The fourth-order valence-corrected chi connectivity index (χ4v) is 0.672. The zero-order valence-corrected chi connectivity index (χ0v) is 8.85. The molecule has 0 spiro atoms. The molecular weight excluding hydrogens is 315 g/mol. The number of rotatable bonds is 2. The van der Waals surface area contributed by atoms with E-state index in [0.29, 0.717) is 0 Å². The van der Waals surface area contributed by atoms with Crippen molar-refractivity contribution in [1.82, 2.24) is 0 Å². The summed E-state index contributed by atoms with van der Waals surface area (Å²) >= 11 is 0. The summed E-state index contributed by atoms with van der Waals surface area (Å²) in [5, 5.41) is 0. The van der Waals surface area contributed by atoms with Crippen LogP contribution in [0.3, 0.4) is 0 Å². The summed E-state index contributed by atoms with van der Waals surface area (Å²) < 4.78 is 17.5. The molecule has 0 atom stereocenters. The van der Waals surface area contributed by atoms with Crippen LogP contribution in [0.4, 0.5) is 4.39 Å². The molecule has 0 aromatic heterocycles. The van der Waals surface area contributed by atoms with E-state index in [-0.39, 0.29) is 39.2 Å². The summed E-state index contributed by atoms with van der Waals surface area (Å²) in [7, 11) is 0. The van der Waals surface area contributed by atoms with Crippen LogP contribution < -0.4 is 4.74 Å². The average Bonchev–Trinajstić information content (AvgIpc) is 1.94. The van der Waals surface area contributed by atoms with E-state index < -0.39 is 0 Å². The molecule has 0 amide bonds. The van der Waals surface area contributed by atoms with Crippen LogP contribution in [0, 0.1) is 12.7 Å². The quantitative estimate of drug-likeness (QED) is 0.757. The Balaban J connectivity index is 0.000001000. The topological polar surface area (TPSA) is 9.23 Å². The van der Waals surface area contributed by atoms with Gasteiger partial charge in [0, 0.05) is 21.1 Å². The van der Waals surface area contributed by atoms with Gasteiger partial charge in [0.15, 0.2) is 11.6 Å². The molecule has 0 saturated heterocycles. The predicted molar refractivity (Wildman–Crippen MR) is 37.3 cm³/mol. The number of hydrogen-bond acceptors (Lipinski definition) is 1. The standard InChI is InChI=1S/C8H8FO.W/c1-2-10-8-6-4-3-5-7(8)9;/h3-6H,1-2H2;/q-1;. The molecule has 1 nitrogen and oxygen atoms in total. The summed E-state index contributed by atoms with van der Waals surface area (Å²) in [4.78, 5) is 0. The second-order valence-electron chi connectivity index (χ2n) is 1.78. The van der Waals surface area contributed by atoms with Gasteiger partial charge in [-0.05, 0) is 18.7 Å². The van der Waals surface area contributed by atoms with Gasteiger partial charge in [0.05, 0.1) is 0 Å². The average molecular weight is 323 g/mol. The Hall–Kier alpha value is -0.362. The number of para-hydroxylation sites is 1. The molecule has 0 fully saturated rings. The fraction of sp³-hybridized carbons (Fsp3) is 0.125. The second kappa shape index (κ2) is 5.31. The van der Waals surface area contributed by atoms with Crippen LogP contribution >= 0.6 is 0 Å². The molecule has 11 heavy (non-hydrogen) atoms. The van der Waals surface area contributed by atoms with Gasteiger partial charge in [-0.2, -0.15) is 0 Å². The van der Waals surface area contributed by atoms with Gasteiger partial charge in [0.25, 0.3) is 0 Å². The third kappa shape index (κ3) is 3.02. The first-order valence-electron chi connectivity index (χ1n) is 3.01. The van der Waals surface area contributed by atoms with Gasteiger partial charge in [-0.1, -0.05) is 12.1 Å². The van der Waals surface area contributed by atoms with Crippen LogP contribution in [-0.4, -0.2) is 6.61 Å². The molecule has 60 valence electrons. The van der Waals surface area contributed by atoms with Gasteiger partial charge in [-0.3, -0.25) is 0 Å². The molecule has 1 rings (SSSR count). The third-order valence-corrected chi connectivity index (χ3v) is 1.09. The summed E-state index contributed by atoms with van der Waals surface area (Å²) in [5.74, 6) is -0.0800. The Bertz CT molecular complexity index is 215. The molecule has 0 saturated carbocycles. The van der Waals surface area contributed by atoms with E-state index in [1.807, 2.05) is 0 Å². The number of ether oxygens (including phenoxy) is 1. The molecule has 3 heteroatoms. The summed E-state index contributed by atoms with van der Waals surface area (Å²) in [6, 6.07) is 6.25. The van der Waals surface area contributed by atoms with Gasteiger partial charge in [-0.25, -0.2) is 4.39 Å². The molecule has 0 aliphatic heterocycles. The van der Waals surface area contributed by atoms with Crippen molar-refractivity contribution in [2.45, 2.75) is 0 Å². The van der Waals surface area contributed by atoms with Crippen molar-refractivity contribution >= 4 is 0 Å². The minimum atomic E-state index is -0.342. The van der Waals surface area contributed by atoms with Crippen LogP contribution in [0.1, 0.15) is 0 Å². The van der Waals surface area contributed by atoms with Crippen LogP contribution in [0.25, 0.3) is 0 Å². The molecule has 0 aliphatic carbocycles. The maximum absolute atomic E-state index is 12.6. The zero-order valence-electron chi connectivity index (χ0n) is 5.92. The van der Waals surface area contributed by atoms with E-state index >= 15 is 0 Å². The first kappa shape index (κ1) is 10.6. The van der Waals surface area contributed by atoms with E-state index in [1.165, 1.54) is 6.07 Å². The number of benzene rings is 1. The van der Waals surface area contributed by atoms with Crippen LogP contribution in [0.5, 0.6) is 5.75 Å². The van der Waals surface area contributed by atoms with Crippen molar-refractivity contribution in [2.75, 3.05) is 6.61 Å². The van der Waals surface area contributed by atoms with Gasteiger partial charge >= 0.3 is 0 Å². The van der Waals surface area contributed by atoms with Crippen LogP contribution in [0.15, 0.2) is 24.3 Å². The first-order valence-corrected chi connectivity index (χ1v) is 3.01. The van der Waals surface area contributed by atoms with Gasteiger partial charge < -0.3 is 11.7 Å². The Labute approximate surface area is 79.8 Å². The van der Waals surface area contributed by atoms with Crippen molar-refractivity contribution in [3.05, 3.63) is 37.0 Å². The molecule has 0 N–H and O–H groups in total. The Morgan fingerprint density at radius 1 is 1.36 bits per heavy atom. The summed E-state index contributed by atoms with van der Waals surface area (Å²) in [5.41, 5.74) is 0. The molecule has 0 unspecified atom stereocenters. The van der Waals surface area contributed by atoms with Gasteiger partial charge in [0.2, 0.25) is 0 Å². The smallest absolute Gasteiger partial charge is 0.164 e. The van der Waals surface area contributed by atoms with E-state index in [0.717, 1.165) is 0 Å². The van der Waals surface area contributed by atoms with Crippen molar-refractivity contribution in [3.63, 3.8) is 0 Å².